The predicted octanol–water partition coefficient (Wildman–Crippen LogP) is 2.66. The Morgan fingerprint density at radius 3 is 2.76 bits per heavy atom. The molecule has 3 aromatic rings. The van der Waals surface area contributed by atoms with Crippen molar-refractivity contribution < 1.29 is 14.3 Å². The second-order valence-electron chi connectivity index (χ2n) is 5.62. The lowest BCUT2D eigenvalue weighted by atomic mass is 10.1. The molecule has 0 amide bonds. The van der Waals surface area contributed by atoms with E-state index in [1.165, 1.54) is 10.9 Å². The molecule has 4 rings (SSSR count). The number of benzene rings is 2. The van der Waals surface area contributed by atoms with Gasteiger partial charge in [-0.2, -0.15) is 0 Å². The molecule has 0 fully saturated rings. The molecule has 6 nitrogen and oxygen atoms in total. The van der Waals surface area contributed by atoms with Gasteiger partial charge in [-0.05, 0) is 59.0 Å². The minimum atomic E-state index is -0.229. The molecule has 25 heavy (non-hydrogen) atoms. The van der Waals surface area contributed by atoms with Crippen molar-refractivity contribution in [2.45, 2.75) is 6.54 Å². The fourth-order valence-corrected chi connectivity index (χ4v) is 3.18. The Kier molecular flexibility index (Phi) is 4.16. The van der Waals surface area contributed by atoms with Crippen LogP contribution in [0.15, 0.2) is 47.5 Å². The number of hydrogen-bond donors (Lipinski definition) is 0. The molecule has 0 bridgehead atoms. The number of halogens is 1. The molecule has 0 unspecified atom stereocenters. The van der Waals surface area contributed by atoms with E-state index in [4.69, 9.17) is 9.47 Å². The smallest absolute Gasteiger partial charge is 0.261 e. The maximum absolute atomic E-state index is 12.6. The molecule has 2 aromatic carbocycles. The Labute approximate surface area is 156 Å². The second kappa shape index (κ2) is 6.47. The molecule has 126 valence electrons. The van der Waals surface area contributed by atoms with E-state index < -0.39 is 0 Å². The van der Waals surface area contributed by atoms with Crippen molar-refractivity contribution in [1.82, 2.24) is 9.55 Å². The van der Waals surface area contributed by atoms with E-state index in [9.17, 15) is 9.59 Å². The zero-order valence-corrected chi connectivity index (χ0v) is 15.2. The monoisotopic (exact) mass is 448 g/mol. The number of fused-ring (bicyclic) bond motifs is 2. The van der Waals surface area contributed by atoms with Gasteiger partial charge in [0, 0.05) is 9.13 Å². The summed E-state index contributed by atoms with van der Waals surface area (Å²) in [4.78, 5) is 29.4. The first-order valence-electron chi connectivity index (χ1n) is 7.69. The van der Waals surface area contributed by atoms with Crippen LogP contribution in [0.2, 0.25) is 0 Å². The van der Waals surface area contributed by atoms with Crippen LogP contribution in [0.3, 0.4) is 0 Å². The minimum Gasteiger partial charge on any atom is -0.486 e. The largest absolute Gasteiger partial charge is 0.486 e. The molecule has 1 aromatic heterocycles. The summed E-state index contributed by atoms with van der Waals surface area (Å²) < 4.78 is 13.3. The first kappa shape index (κ1) is 16.1. The average molecular weight is 448 g/mol. The molecule has 1 aliphatic heterocycles. The number of Topliss-reactive ketones (excluding diaryl/α,β-unsaturated/α-hetero) is 1. The van der Waals surface area contributed by atoms with Crippen LogP contribution in [0.4, 0.5) is 0 Å². The lowest BCUT2D eigenvalue weighted by Crippen LogP contribution is -2.25. The van der Waals surface area contributed by atoms with Gasteiger partial charge < -0.3 is 9.47 Å². The molecule has 1 aliphatic rings. The maximum Gasteiger partial charge on any atom is 0.261 e. The van der Waals surface area contributed by atoms with Gasteiger partial charge in [-0.25, -0.2) is 4.98 Å². The number of carbonyl (C=O) groups is 1. The molecule has 0 saturated heterocycles. The summed E-state index contributed by atoms with van der Waals surface area (Å²) >= 11 is 2.17. The molecule has 0 radical (unpaired) electrons. The standard InChI is InChI=1S/C18H13IN2O4/c19-12-2-3-13-14(8-12)20-10-21(18(13)23)9-15(22)11-1-4-16-17(7-11)25-6-5-24-16/h1-4,7-8,10H,5-6,9H2. The quantitative estimate of drug-likeness (QED) is 0.455. The predicted molar refractivity (Wildman–Crippen MR) is 100 cm³/mol. The molecule has 0 N–H and O–H groups in total. The van der Waals surface area contributed by atoms with E-state index in [2.05, 4.69) is 27.6 Å². The highest BCUT2D eigenvalue weighted by molar-refractivity contribution is 14.1. The highest BCUT2D eigenvalue weighted by Gasteiger charge is 2.16. The second-order valence-corrected chi connectivity index (χ2v) is 6.87. The van der Waals surface area contributed by atoms with Gasteiger partial charge in [-0.1, -0.05) is 0 Å². The fourth-order valence-electron chi connectivity index (χ4n) is 2.71. The Balaban J connectivity index is 1.65. The van der Waals surface area contributed by atoms with Crippen LogP contribution in [0, 0.1) is 3.57 Å². The number of aromatic nitrogens is 2. The Morgan fingerprint density at radius 1 is 1.12 bits per heavy atom. The molecular weight excluding hydrogens is 435 g/mol. The molecule has 7 heteroatoms. The van der Waals surface area contributed by atoms with E-state index in [-0.39, 0.29) is 17.9 Å². The minimum absolute atomic E-state index is 0.0760. The van der Waals surface area contributed by atoms with E-state index in [1.54, 1.807) is 24.3 Å². The number of ether oxygens (including phenoxy) is 2. The van der Waals surface area contributed by atoms with Gasteiger partial charge in [0.05, 0.1) is 23.8 Å². The number of rotatable bonds is 3. The number of hydrogen-bond acceptors (Lipinski definition) is 5. The van der Waals surface area contributed by atoms with Crippen LogP contribution in [-0.4, -0.2) is 28.5 Å². The molecule has 0 saturated carbocycles. The van der Waals surface area contributed by atoms with E-state index in [0.29, 0.717) is 41.2 Å². The first-order chi connectivity index (χ1) is 12.1. The zero-order chi connectivity index (χ0) is 17.4. The van der Waals surface area contributed by atoms with Gasteiger partial charge in [0.2, 0.25) is 0 Å². The van der Waals surface area contributed by atoms with Gasteiger partial charge in [0.15, 0.2) is 17.3 Å². The summed E-state index contributed by atoms with van der Waals surface area (Å²) in [6.45, 7) is 0.877. The van der Waals surface area contributed by atoms with Crippen LogP contribution < -0.4 is 15.0 Å². The number of ketones is 1. The van der Waals surface area contributed by atoms with Crippen molar-refractivity contribution in [2.75, 3.05) is 13.2 Å². The van der Waals surface area contributed by atoms with Crippen molar-refractivity contribution in [3.05, 3.63) is 62.2 Å². The van der Waals surface area contributed by atoms with Crippen LogP contribution in [0.25, 0.3) is 10.9 Å². The third-order valence-corrected chi connectivity index (χ3v) is 4.64. The van der Waals surface area contributed by atoms with Crippen LogP contribution >= 0.6 is 22.6 Å². The SMILES string of the molecule is O=C(Cn1cnc2cc(I)ccc2c1=O)c1ccc2c(c1)OCCO2. The number of carbonyl (C=O) groups excluding carboxylic acids is 1. The highest BCUT2D eigenvalue weighted by atomic mass is 127. The lowest BCUT2D eigenvalue weighted by molar-refractivity contribution is 0.0969. The normalized spacial score (nSPS) is 13.0. The summed E-state index contributed by atoms with van der Waals surface area (Å²) in [7, 11) is 0. The molecule has 0 atom stereocenters. The molecular formula is C18H13IN2O4. The topological polar surface area (TPSA) is 70.4 Å². The average Bonchev–Trinajstić information content (AvgIpc) is 2.63. The zero-order valence-electron chi connectivity index (χ0n) is 13.1. The van der Waals surface area contributed by atoms with Crippen molar-refractivity contribution in [3.63, 3.8) is 0 Å². The van der Waals surface area contributed by atoms with Crippen molar-refractivity contribution in [3.8, 4) is 11.5 Å². The van der Waals surface area contributed by atoms with Gasteiger partial charge in [-0.3, -0.25) is 14.2 Å². The summed E-state index contributed by atoms with van der Waals surface area (Å²) in [5, 5.41) is 0.498. The highest BCUT2D eigenvalue weighted by Crippen LogP contribution is 2.30. The number of nitrogens with zero attached hydrogens (tertiary/aromatic N) is 2. The summed E-state index contributed by atoms with van der Waals surface area (Å²) in [6.07, 6.45) is 1.41. The van der Waals surface area contributed by atoms with Crippen molar-refractivity contribution >= 4 is 39.3 Å². The van der Waals surface area contributed by atoms with E-state index in [0.717, 1.165) is 3.57 Å². The lowest BCUT2D eigenvalue weighted by Gasteiger charge is -2.18. The molecule has 0 aliphatic carbocycles. The van der Waals surface area contributed by atoms with Gasteiger partial charge in [-0.15, -0.1) is 0 Å². The molecule has 2 heterocycles. The Hall–Kier alpha value is -2.42. The Bertz CT molecular complexity index is 1040. The van der Waals surface area contributed by atoms with Crippen molar-refractivity contribution in [2.24, 2.45) is 0 Å². The Morgan fingerprint density at radius 2 is 1.92 bits per heavy atom. The molecule has 0 spiro atoms. The third-order valence-electron chi connectivity index (χ3n) is 3.97. The van der Waals surface area contributed by atoms with Crippen molar-refractivity contribution in [1.29, 1.82) is 0 Å². The summed E-state index contributed by atoms with van der Waals surface area (Å²) in [6, 6.07) is 10.5. The van der Waals surface area contributed by atoms with E-state index >= 15 is 0 Å². The van der Waals surface area contributed by atoms with Gasteiger partial charge >= 0.3 is 0 Å². The van der Waals surface area contributed by atoms with Crippen LogP contribution in [0.5, 0.6) is 11.5 Å². The van der Waals surface area contributed by atoms with Crippen LogP contribution in [-0.2, 0) is 6.54 Å². The first-order valence-corrected chi connectivity index (χ1v) is 8.77. The maximum atomic E-state index is 12.6. The fraction of sp³-hybridized carbons (Fsp3) is 0.167. The van der Waals surface area contributed by atoms with Gasteiger partial charge in [0.25, 0.3) is 5.56 Å². The van der Waals surface area contributed by atoms with Crippen LogP contribution in [0.1, 0.15) is 10.4 Å². The summed E-state index contributed by atoms with van der Waals surface area (Å²) in [5.41, 5.74) is 0.867. The van der Waals surface area contributed by atoms with Gasteiger partial charge in [0.1, 0.15) is 13.2 Å². The van der Waals surface area contributed by atoms with E-state index in [1.807, 2.05) is 12.1 Å². The summed E-state index contributed by atoms with van der Waals surface area (Å²) in [5.74, 6) is 0.989. The third kappa shape index (κ3) is 3.11.